The fourth-order valence-electron chi connectivity index (χ4n) is 0.534. The van der Waals surface area contributed by atoms with E-state index in [1.165, 1.54) is 6.20 Å². The molecule has 0 aromatic heterocycles. The maximum Gasteiger partial charge on any atom is 0.309 e. The summed E-state index contributed by atoms with van der Waals surface area (Å²) in [6, 6.07) is 0. The zero-order chi connectivity index (χ0) is 8.85. The van der Waals surface area contributed by atoms with E-state index in [1.807, 2.05) is 0 Å². The molecule has 0 rings (SSSR count). The predicted molar refractivity (Wildman–Crippen MR) is 41.3 cm³/mol. The van der Waals surface area contributed by atoms with Gasteiger partial charge in [0, 0.05) is 26.0 Å². The van der Waals surface area contributed by atoms with Gasteiger partial charge in [-0.15, -0.1) is 0 Å². The Morgan fingerprint density at radius 1 is 1.82 bits per heavy atom. The number of carboxylic acids is 1. The zero-order valence-electron chi connectivity index (χ0n) is 6.66. The topological polar surface area (TPSA) is 78.6 Å². The average Bonchev–Trinajstić information content (AvgIpc) is 1.85. The molecule has 0 aliphatic heterocycles. The molecule has 0 heterocycles. The van der Waals surface area contributed by atoms with Crippen molar-refractivity contribution in [1.82, 2.24) is 10.4 Å². The number of carboxylic acid groups (broad SMARTS) is 1. The Hall–Kier alpha value is -1.23. The van der Waals surface area contributed by atoms with E-state index in [4.69, 9.17) is 10.8 Å². The van der Waals surface area contributed by atoms with Gasteiger partial charge in [0.15, 0.2) is 0 Å². The van der Waals surface area contributed by atoms with E-state index in [1.54, 1.807) is 19.1 Å². The quantitative estimate of drug-likeness (QED) is 0.474. The van der Waals surface area contributed by atoms with Crippen LogP contribution in [0, 0.1) is 0 Å². The monoisotopic (exact) mass is 159 g/mol. The summed E-state index contributed by atoms with van der Waals surface area (Å²) in [4.78, 5) is 10.1. The Bertz CT molecular complexity index is 167. The maximum absolute atomic E-state index is 10.1. The van der Waals surface area contributed by atoms with Gasteiger partial charge in [-0.3, -0.25) is 4.79 Å². The second kappa shape index (κ2) is 4.56. The third-order valence-electron chi connectivity index (χ3n) is 1.07. The van der Waals surface area contributed by atoms with E-state index in [-0.39, 0.29) is 6.42 Å². The van der Waals surface area contributed by atoms with E-state index >= 15 is 0 Å². The van der Waals surface area contributed by atoms with Gasteiger partial charge in [0.05, 0.1) is 6.42 Å². The van der Waals surface area contributed by atoms with Crippen LogP contribution < -0.4 is 11.2 Å². The maximum atomic E-state index is 10.1. The number of nitrogens with two attached hydrogens (primary N) is 1. The minimum absolute atomic E-state index is 0.133. The lowest BCUT2D eigenvalue weighted by atomic mass is 10.3. The highest BCUT2D eigenvalue weighted by molar-refractivity contribution is 5.69. The summed E-state index contributed by atoms with van der Waals surface area (Å²) in [5.74, 6) is -0.928. The second-order valence-electron chi connectivity index (χ2n) is 2.11. The average molecular weight is 159 g/mol. The summed E-state index contributed by atoms with van der Waals surface area (Å²) < 4.78 is 0. The summed E-state index contributed by atoms with van der Waals surface area (Å²) in [6.07, 6.45) is 1.39. The molecule has 0 aliphatic carbocycles. The molecule has 11 heavy (non-hydrogen) atoms. The Kier molecular flexibility index (Phi) is 4.05. The van der Waals surface area contributed by atoms with Crippen molar-refractivity contribution in [2.75, 3.05) is 14.1 Å². The Morgan fingerprint density at radius 2 is 2.36 bits per heavy atom. The SMILES string of the molecule is CNN(C)/C=C(\N)CC(=O)O. The first kappa shape index (κ1) is 9.77. The fourth-order valence-corrected chi connectivity index (χ4v) is 0.534. The summed E-state index contributed by atoms with van der Waals surface area (Å²) in [6.45, 7) is 0. The number of hydrazine groups is 1. The van der Waals surface area contributed by atoms with Crippen LogP contribution in [0.3, 0.4) is 0 Å². The van der Waals surface area contributed by atoms with Crippen LogP contribution in [0.1, 0.15) is 6.42 Å². The van der Waals surface area contributed by atoms with E-state index < -0.39 is 5.97 Å². The first-order chi connectivity index (χ1) is 5.06. The van der Waals surface area contributed by atoms with E-state index in [0.29, 0.717) is 5.70 Å². The molecule has 0 saturated heterocycles. The molecular formula is C6H13N3O2. The zero-order valence-corrected chi connectivity index (χ0v) is 6.66. The summed E-state index contributed by atoms with van der Waals surface area (Å²) in [7, 11) is 3.44. The summed E-state index contributed by atoms with van der Waals surface area (Å²) >= 11 is 0. The standard InChI is InChI=1S/C6H13N3O2/c1-8-9(2)4-5(7)3-6(10)11/h4,8H,3,7H2,1-2H3,(H,10,11)/b5-4-. The van der Waals surface area contributed by atoms with Crippen LogP contribution in [0.4, 0.5) is 0 Å². The van der Waals surface area contributed by atoms with E-state index in [0.717, 1.165) is 0 Å². The van der Waals surface area contributed by atoms with Gasteiger partial charge in [-0.1, -0.05) is 0 Å². The Labute approximate surface area is 65.4 Å². The van der Waals surface area contributed by atoms with Crippen LogP contribution in [0.5, 0.6) is 0 Å². The van der Waals surface area contributed by atoms with Gasteiger partial charge in [0.2, 0.25) is 0 Å². The van der Waals surface area contributed by atoms with Gasteiger partial charge in [0.1, 0.15) is 0 Å². The molecule has 5 nitrogen and oxygen atoms in total. The van der Waals surface area contributed by atoms with Gasteiger partial charge < -0.3 is 15.8 Å². The van der Waals surface area contributed by atoms with E-state index in [2.05, 4.69) is 5.43 Å². The highest BCUT2D eigenvalue weighted by atomic mass is 16.4. The first-order valence-electron chi connectivity index (χ1n) is 3.14. The van der Waals surface area contributed by atoms with Gasteiger partial charge >= 0.3 is 5.97 Å². The van der Waals surface area contributed by atoms with Crippen molar-refractivity contribution < 1.29 is 9.90 Å². The van der Waals surface area contributed by atoms with Crippen LogP contribution in [-0.4, -0.2) is 30.2 Å². The minimum Gasteiger partial charge on any atom is -0.481 e. The van der Waals surface area contributed by atoms with Crippen molar-refractivity contribution in [3.05, 3.63) is 11.9 Å². The molecule has 0 spiro atoms. The number of nitrogens with zero attached hydrogens (tertiary/aromatic N) is 1. The number of carbonyl (C=O) groups is 1. The highest BCUT2D eigenvalue weighted by Crippen LogP contribution is 1.92. The van der Waals surface area contributed by atoms with Crippen LogP contribution in [0.25, 0.3) is 0 Å². The van der Waals surface area contributed by atoms with Crippen LogP contribution in [0.2, 0.25) is 0 Å². The molecule has 0 amide bonds. The molecular weight excluding hydrogens is 146 g/mol. The van der Waals surface area contributed by atoms with Gasteiger partial charge in [-0.05, 0) is 0 Å². The molecule has 0 unspecified atom stereocenters. The third-order valence-corrected chi connectivity index (χ3v) is 1.07. The van der Waals surface area contributed by atoms with Gasteiger partial charge in [0.25, 0.3) is 0 Å². The smallest absolute Gasteiger partial charge is 0.309 e. The lowest BCUT2D eigenvalue weighted by Gasteiger charge is -2.12. The van der Waals surface area contributed by atoms with Crippen LogP contribution >= 0.6 is 0 Å². The largest absolute Gasteiger partial charge is 0.481 e. The normalized spacial score (nSPS) is 11.3. The highest BCUT2D eigenvalue weighted by Gasteiger charge is 1.98. The van der Waals surface area contributed by atoms with Crippen LogP contribution in [0.15, 0.2) is 11.9 Å². The number of aliphatic carboxylic acids is 1. The molecule has 0 saturated carbocycles. The molecule has 0 fully saturated rings. The third kappa shape index (κ3) is 5.23. The minimum atomic E-state index is -0.928. The number of hydrogen-bond acceptors (Lipinski definition) is 4. The predicted octanol–water partition coefficient (Wildman–Crippen LogP) is -0.673. The lowest BCUT2D eigenvalue weighted by molar-refractivity contribution is -0.136. The number of nitrogens with one attached hydrogen (secondary N) is 1. The summed E-state index contributed by atoms with van der Waals surface area (Å²) in [5.41, 5.74) is 8.42. The molecule has 64 valence electrons. The molecule has 5 heteroatoms. The van der Waals surface area contributed by atoms with Gasteiger partial charge in [-0.2, -0.15) is 0 Å². The van der Waals surface area contributed by atoms with Crippen molar-refractivity contribution in [3.63, 3.8) is 0 Å². The lowest BCUT2D eigenvalue weighted by Crippen LogP contribution is -2.26. The summed E-state index contributed by atoms with van der Waals surface area (Å²) in [5, 5.41) is 9.89. The molecule has 0 atom stereocenters. The molecule has 0 bridgehead atoms. The number of rotatable bonds is 4. The molecule has 0 aromatic rings. The number of hydrogen-bond donors (Lipinski definition) is 3. The molecule has 4 N–H and O–H groups in total. The van der Waals surface area contributed by atoms with Gasteiger partial charge in [-0.25, -0.2) is 5.43 Å². The van der Waals surface area contributed by atoms with Crippen molar-refractivity contribution in [3.8, 4) is 0 Å². The van der Waals surface area contributed by atoms with Crippen LogP contribution in [-0.2, 0) is 4.79 Å². The van der Waals surface area contributed by atoms with Crippen molar-refractivity contribution in [2.24, 2.45) is 5.73 Å². The first-order valence-corrected chi connectivity index (χ1v) is 3.14. The van der Waals surface area contributed by atoms with E-state index in [9.17, 15) is 4.79 Å². The second-order valence-corrected chi connectivity index (χ2v) is 2.11. The Morgan fingerprint density at radius 3 is 2.73 bits per heavy atom. The molecule has 0 aromatic carbocycles. The molecule has 0 aliphatic rings. The van der Waals surface area contributed by atoms with Crippen molar-refractivity contribution in [2.45, 2.75) is 6.42 Å². The van der Waals surface area contributed by atoms with Crippen molar-refractivity contribution in [1.29, 1.82) is 0 Å². The fraction of sp³-hybridized carbons (Fsp3) is 0.500. The molecule has 0 radical (unpaired) electrons. The van der Waals surface area contributed by atoms with Crippen molar-refractivity contribution >= 4 is 5.97 Å². The Balaban J connectivity index is 3.89.